The van der Waals surface area contributed by atoms with Gasteiger partial charge in [0.15, 0.2) is 0 Å². The second-order valence-electron chi connectivity index (χ2n) is 5.72. The minimum atomic E-state index is -0.587. The molecule has 0 bridgehead atoms. The van der Waals surface area contributed by atoms with E-state index in [1.165, 1.54) is 6.07 Å². The highest BCUT2D eigenvalue weighted by Crippen LogP contribution is 2.43. The summed E-state index contributed by atoms with van der Waals surface area (Å²) in [6.07, 6.45) is 3.52. The molecule has 0 aliphatic heterocycles. The normalized spacial score (nSPS) is 28.4. The highest BCUT2D eigenvalue weighted by atomic mass is 19.1. The van der Waals surface area contributed by atoms with Crippen molar-refractivity contribution in [3.8, 4) is 0 Å². The minimum Gasteiger partial charge on any atom is -0.376 e. The molecule has 0 saturated heterocycles. The Morgan fingerprint density at radius 1 is 1.35 bits per heavy atom. The van der Waals surface area contributed by atoms with Gasteiger partial charge in [-0.2, -0.15) is 0 Å². The van der Waals surface area contributed by atoms with Crippen LogP contribution in [0.4, 0.5) is 8.78 Å². The van der Waals surface area contributed by atoms with E-state index in [4.69, 9.17) is 10.6 Å². The largest absolute Gasteiger partial charge is 0.376 e. The molecule has 1 atom stereocenters. The van der Waals surface area contributed by atoms with Crippen LogP contribution in [0.15, 0.2) is 18.2 Å². The lowest BCUT2D eigenvalue weighted by Crippen LogP contribution is -2.50. The number of hydrogen-bond acceptors (Lipinski definition) is 3. The predicted molar refractivity (Wildman–Crippen MR) is 73.8 cm³/mol. The number of rotatable bonds is 4. The van der Waals surface area contributed by atoms with Crippen molar-refractivity contribution < 1.29 is 13.5 Å². The minimum absolute atomic E-state index is 0.226. The third-order valence-corrected chi connectivity index (χ3v) is 4.49. The number of halogens is 2. The summed E-state index contributed by atoms with van der Waals surface area (Å²) >= 11 is 0. The van der Waals surface area contributed by atoms with Gasteiger partial charge < -0.3 is 4.74 Å². The van der Waals surface area contributed by atoms with Crippen LogP contribution in [0.25, 0.3) is 0 Å². The topological polar surface area (TPSA) is 47.3 Å². The molecule has 0 heterocycles. The van der Waals surface area contributed by atoms with Gasteiger partial charge in [-0.3, -0.25) is 5.84 Å². The Balaban J connectivity index is 2.36. The van der Waals surface area contributed by atoms with Crippen molar-refractivity contribution in [3.05, 3.63) is 35.4 Å². The number of hydrogen-bond donors (Lipinski definition) is 2. The van der Waals surface area contributed by atoms with Gasteiger partial charge in [0, 0.05) is 12.7 Å². The van der Waals surface area contributed by atoms with Gasteiger partial charge >= 0.3 is 0 Å². The predicted octanol–water partition coefficient (Wildman–Crippen LogP) is 3.06. The van der Waals surface area contributed by atoms with E-state index in [1.807, 2.05) is 0 Å². The first-order chi connectivity index (χ1) is 9.52. The SMILES string of the molecule is COC1(C(NN)c2cc(F)ccc2F)CCC(C)CC1. The summed E-state index contributed by atoms with van der Waals surface area (Å²) in [5.41, 5.74) is 2.27. The Labute approximate surface area is 118 Å². The number of nitrogens with one attached hydrogen (secondary N) is 1. The van der Waals surface area contributed by atoms with Crippen LogP contribution < -0.4 is 11.3 Å². The number of methoxy groups -OCH3 is 1. The summed E-state index contributed by atoms with van der Waals surface area (Å²) in [4.78, 5) is 0. The maximum Gasteiger partial charge on any atom is 0.128 e. The maximum absolute atomic E-state index is 14.0. The van der Waals surface area contributed by atoms with Crippen molar-refractivity contribution in [2.24, 2.45) is 11.8 Å². The van der Waals surface area contributed by atoms with Crippen LogP contribution in [0.3, 0.4) is 0 Å². The summed E-state index contributed by atoms with van der Waals surface area (Å²) < 4.78 is 33.2. The molecule has 2 rings (SSSR count). The molecule has 1 saturated carbocycles. The summed E-state index contributed by atoms with van der Waals surface area (Å²) in [5.74, 6) is 5.31. The zero-order chi connectivity index (χ0) is 14.8. The number of benzene rings is 1. The van der Waals surface area contributed by atoms with Crippen LogP contribution in [-0.2, 0) is 4.74 Å². The standard InChI is InChI=1S/C15H22F2N2O/c1-10-5-7-15(20-2,8-6-10)14(19-18)12-9-11(16)3-4-13(12)17/h3-4,9-10,14,19H,5-8,18H2,1-2H3. The van der Waals surface area contributed by atoms with Gasteiger partial charge in [0.2, 0.25) is 0 Å². The van der Waals surface area contributed by atoms with Crippen molar-refractivity contribution in [3.63, 3.8) is 0 Å². The van der Waals surface area contributed by atoms with E-state index in [0.29, 0.717) is 5.92 Å². The van der Waals surface area contributed by atoms with Gasteiger partial charge in [-0.05, 0) is 49.8 Å². The van der Waals surface area contributed by atoms with Crippen LogP contribution in [0.2, 0.25) is 0 Å². The van der Waals surface area contributed by atoms with Gasteiger partial charge in [-0.1, -0.05) is 6.92 Å². The van der Waals surface area contributed by atoms with Crippen molar-refractivity contribution in [2.45, 2.75) is 44.2 Å². The van der Waals surface area contributed by atoms with Crippen LogP contribution in [0.5, 0.6) is 0 Å². The monoisotopic (exact) mass is 284 g/mol. The lowest BCUT2D eigenvalue weighted by Gasteiger charge is -2.44. The summed E-state index contributed by atoms with van der Waals surface area (Å²) in [6, 6.07) is 2.87. The van der Waals surface area contributed by atoms with Crippen LogP contribution in [-0.4, -0.2) is 12.7 Å². The molecule has 1 aromatic carbocycles. The third-order valence-electron chi connectivity index (χ3n) is 4.49. The maximum atomic E-state index is 14.0. The Kier molecular flexibility index (Phi) is 4.73. The van der Waals surface area contributed by atoms with Crippen molar-refractivity contribution in [1.29, 1.82) is 0 Å². The summed E-state index contributed by atoms with van der Waals surface area (Å²) in [5, 5.41) is 0. The molecule has 1 aliphatic carbocycles. The summed E-state index contributed by atoms with van der Waals surface area (Å²) in [6.45, 7) is 2.19. The molecule has 112 valence electrons. The van der Waals surface area contributed by atoms with Crippen LogP contribution in [0, 0.1) is 17.6 Å². The fourth-order valence-corrected chi connectivity index (χ4v) is 3.12. The molecule has 3 N–H and O–H groups in total. The van der Waals surface area contributed by atoms with E-state index in [-0.39, 0.29) is 5.56 Å². The highest BCUT2D eigenvalue weighted by Gasteiger charge is 2.43. The molecular formula is C15H22F2N2O. The fourth-order valence-electron chi connectivity index (χ4n) is 3.12. The molecule has 3 nitrogen and oxygen atoms in total. The summed E-state index contributed by atoms with van der Waals surface area (Å²) in [7, 11) is 1.61. The zero-order valence-electron chi connectivity index (χ0n) is 12.0. The molecule has 0 aromatic heterocycles. The van der Waals surface area contributed by atoms with Crippen LogP contribution in [0.1, 0.15) is 44.2 Å². The molecule has 5 heteroatoms. The molecule has 1 aliphatic rings. The number of ether oxygens (including phenoxy) is 1. The van der Waals surface area contributed by atoms with E-state index in [1.54, 1.807) is 7.11 Å². The molecule has 0 amide bonds. The number of hydrazine groups is 1. The smallest absolute Gasteiger partial charge is 0.128 e. The van der Waals surface area contributed by atoms with E-state index in [2.05, 4.69) is 12.3 Å². The van der Waals surface area contributed by atoms with Gasteiger partial charge in [0.1, 0.15) is 11.6 Å². The Morgan fingerprint density at radius 2 is 2.00 bits per heavy atom. The van der Waals surface area contributed by atoms with E-state index in [9.17, 15) is 8.78 Å². The molecule has 1 aromatic rings. The van der Waals surface area contributed by atoms with Gasteiger partial charge in [-0.25, -0.2) is 14.2 Å². The third kappa shape index (κ3) is 2.85. The first-order valence-electron chi connectivity index (χ1n) is 6.98. The Morgan fingerprint density at radius 3 is 2.55 bits per heavy atom. The Hall–Kier alpha value is -1.04. The molecule has 20 heavy (non-hydrogen) atoms. The molecule has 0 spiro atoms. The first-order valence-corrected chi connectivity index (χ1v) is 6.98. The lowest BCUT2D eigenvalue weighted by atomic mass is 9.73. The molecule has 1 unspecified atom stereocenters. The zero-order valence-corrected chi connectivity index (χ0v) is 12.0. The molecular weight excluding hydrogens is 262 g/mol. The van der Waals surface area contributed by atoms with E-state index >= 15 is 0 Å². The quantitative estimate of drug-likeness (QED) is 0.660. The van der Waals surface area contributed by atoms with Gasteiger partial charge in [0.05, 0.1) is 11.6 Å². The average molecular weight is 284 g/mol. The fraction of sp³-hybridized carbons (Fsp3) is 0.600. The van der Waals surface area contributed by atoms with Crippen molar-refractivity contribution in [1.82, 2.24) is 5.43 Å². The lowest BCUT2D eigenvalue weighted by molar-refractivity contribution is -0.0769. The van der Waals surface area contributed by atoms with E-state index in [0.717, 1.165) is 37.8 Å². The van der Waals surface area contributed by atoms with Crippen molar-refractivity contribution >= 4 is 0 Å². The van der Waals surface area contributed by atoms with Gasteiger partial charge in [0.25, 0.3) is 0 Å². The number of nitrogens with two attached hydrogens (primary N) is 1. The second kappa shape index (κ2) is 6.16. The Bertz CT molecular complexity index is 459. The van der Waals surface area contributed by atoms with Crippen LogP contribution >= 0.6 is 0 Å². The average Bonchev–Trinajstić information content (AvgIpc) is 2.45. The van der Waals surface area contributed by atoms with E-state index < -0.39 is 23.3 Å². The highest BCUT2D eigenvalue weighted by molar-refractivity contribution is 5.25. The molecule has 1 fully saturated rings. The van der Waals surface area contributed by atoms with Crippen molar-refractivity contribution in [2.75, 3.05) is 7.11 Å². The second-order valence-corrected chi connectivity index (χ2v) is 5.72. The molecule has 0 radical (unpaired) electrons. The first kappa shape index (κ1) is 15.4. The van der Waals surface area contributed by atoms with Gasteiger partial charge in [-0.15, -0.1) is 0 Å².